The molecule has 25 heavy (non-hydrogen) atoms. The van der Waals surface area contributed by atoms with Crippen molar-refractivity contribution in [2.75, 3.05) is 58.9 Å². The van der Waals surface area contributed by atoms with E-state index in [2.05, 4.69) is 26.9 Å². The predicted octanol–water partition coefficient (Wildman–Crippen LogP) is 0.969. The summed E-state index contributed by atoms with van der Waals surface area (Å²) in [4.78, 5) is 12.5. The summed E-state index contributed by atoms with van der Waals surface area (Å²) in [6, 6.07) is 0.728. The number of hydrogen-bond acceptors (Lipinski definition) is 4. The van der Waals surface area contributed by atoms with Gasteiger partial charge in [-0.2, -0.15) is 0 Å². The lowest BCUT2D eigenvalue weighted by molar-refractivity contribution is 0.0824. The maximum absolute atomic E-state index is 9.59. The Kier molecular flexibility index (Phi) is 7.37. The number of piperidine rings is 1. The largest absolute Gasteiger partial charge is 0.393 e. The summed E-state index contributed by atoms with van der Waals surface area (Å²) in [5.41, 5.74) is 0. The lowest BCUT2D eigenvalue weighted by Crippen LogP contribution is -2.43. The molecule has 1 atom stereocenters. The van der Waals surface area contributed by atoms with Gasteiger partial charge in [0.15, 0.2) is 5.96 Å². The van der Waals surface area contributed by atoms with Gasteiger partial charge in [-0.05, 0) is 65.1 Å². The van der Waals surface area contributed by atoms with Crippen LogP contribution in [-0.2, 0) is 0 Å². The van der Waals surface area contributed by atoms with Gasteiger partial charge in [-0.15, -0.1) is 0 Å². The van der Waals surface area contributed by atoms with Crippen molar-refractivity contribution in [1.82, 2.24) is 20.0 Å². The second kappa shape index (κ2) is 9.74. The number of likely N-dealkylation sites (tertiary alicyclic amines) is 3. The van der Waals surface area contributed by atoms with E-state index in [0.717, 1.165) is 77.1 Å². The summed E-state index contributed by atoms with van der Waals surface area (Å²) >= 11 is 0. The maximum Gasteiger partial charge on any atom is 0.193 e. The summed E-state index contributed by atoms with van der Waals surface area (Å²) in [6.07, 6.45) is 6.91. The first kappa shape index (κ1) is 18.9. The minimum absolute atomic E-state index is 0.0756. The predicted molar refractivity (Wildman–Crippen MR) is 103 cm³/mol. The standard InChI is InChI=1S/C19H37N5O/c1-2-20-19(21-9-5-10-22-13-7-18(25)8-14-22)24-15-6-17(16-24)23-11-3-4-12-23/h17-18,25H,2-16H2,1H3,(H,20,21). The number of aliphatic hydroxyl groups is 1. The summed E-state index contributed by atoms with van der Waals surface area (Å²) < 4.78 is 0. The van der Waals surface area contributed by atoms with Gasteiger partial charge in [-0.1, -0.05) is 0 Å². The van der Waals surface area contributed by atoms with Crippen LogP contribution in [0.15, 0.2) is 4.99 Å². The monoisotopic (exact) mass is 351 g/mol. The second-order valence-electron chi connectivity index (χ2n) is 7.79. The van der Waals surface area contributed by atoms with E-state index >= 15 is 0 Å². The summed E-state index contributed by atoms with van der Waals surface area (Å²) in [5, 5.41) is 13.1. The number of hydrogen-bond donors (Lipinski definition) is 2. The average Bonchev–Trinajstić information content (AvgIpc) is 3.30. The molecule has 3 aliphatic heterocycles. The molecular weight excluding hydrogens is 314 g/mol. The highest BCUT2D eigenvalue weighted by Crippen LogP contribution is 2.20. The third-order valence-corrected chi connectivity index (χ3v) is 5.91. The maximum atomic E-state index is 9.59. The molecule has 0 aromatic rings. The van der Waals surface area contributed by atoms with Crippen molar-refractivity contribution in [1.29, 1.82) is 0 Å². The summed E-state index contributed by atoms with van der Waals surface area (Å²) in [7, 11) is 0. The number of nitrogens with zero attached hydrogens (tertiary/aromatic N) is 4. The molecule has 2 N–H and O–H groups in total. The fraction of sp³-hybridized carbons (Fsp3) is 0.947. The summed E-state index contributed by atoms with van der Waals surface area (Å²) in [6.45, 7) is 12.0. The first-order chi connectivity index (χ1) is 12.3. The molecule has 3 fully saturated rings. The molecule has 0 aromatic carbocycles. The second-order valence-corrected chi connectivity index (χ2v) is 7.79. The van der Waals surface area contributed by atoms with Crippen molar-refractivity contribution >= 4 is 5.96 Å². The van der Waals surface area contributed by atoms with Gasteiger partial charge in [0.1, 0.15) is 0 Å². The van der Waals surface area contributed by atoms with Crippen LogP contribution in [0.1, 0.15) is 45.4 Å². The minimum Gasteiger partial charge on any atom is -0.393 e. The molecule has 0 saturated carbocycles. The smallest absolute Gasteiger partial charge is 0.193 e. The molecule has 0 aliphatic carbocycles. The third kappa shape index (κ3) is 5.56. The number of rotatable bonds is 6. The topological polar surface area (TPSA) is 54.3 Å². The quantitative estimate of drug-likeness (QED) is 0.424. The Balaban J connectivity index is 1.41. The number of guanidine groups is 1. The Morgan fingerprint density at radius 2 is 1.84 bits per heavy atom. The lowest BCUT2D eigenvalue weighted by Gasteiger charge is -2.29. The Morgan fingerprint density at radius 1 is 1.08 bits per heavy atom. The van der Waals surface area contributed by atoms with Crippen LogP contribution in [0.2, 0.25) is 0 Å². The number of nitrogens with one attached hydrogen (secondary N) is 1. The SMILES string of the molecule is CCNC(=NCCCN1CCC(O)CC1)N1CCC(N2CCCC2)C1. The van der Waals surface area contributed by atoms with Crippen LogP contribution in [0, 0.1) is 0 Å². The Morgan fingerprint density at radius 3 is 2.56 bits per heavy atom. The van der Waals surface area contributed by atoms with Gasteiger partial charge in [0, 0.05) is 45.3 Å². The Hall–Kier alpha value is -0.850. The van der Waals surface area contributed by atoms with Gasteiger partial charge >= 0.3 is 0 Å². The molecule has 0 aromatic heterocycles. The zero-order valence-corrected chi connectivity index (χ0v) is 16.0. The van der Waals surface area contributed by atoms with Crippen molar-refractivity contribution in [3.63, 3.8) is 0 Å². The van der Waals surface area contributed by atoms with E-state index in [1.165, 1.54) is 32.4 Å². The van der Waals surface area contributed by atoms with E-state index in [1.807, 2.05) is 0 Å². The van der Waals surface area contributed by atoms with Crippen LogP contribution in [0.4, 0.5) is 0 Å². The third-order valence-electron chi connectivity index (χ3n) is 5.91. The highest BCUT2D eigenvalue weighted by atomic mass is 16.3. The molecule has 0 spiro atoms. The fourth-order valence-corrected chi connectivity index (χ4v) is 4.39. The van der Waals surface area contributed by atoms with Crippen molar-refractivity contribution in [2.24, 2.45) is 4.99 Å². The molecule has 6 heteroatoms. The Labute approximate surface area is 153 Å². The minimum atomic E-state index is -0.0756. The lowest BCUT2D eigenvalue weighted by atomic mass is 10.1. The van der Waals surface area contributed by atoms with Crippen molar-refractivity contribution in [3.05, 3.63) is 0 Å². The normalized spacial score (nSPS) is 27.4. The highest BCUT2D eigenvalue weighted by Gasteiger charge is 2.30. The van der Waals surface area contributed by atoms with Crippen LogP contribution in [-0.4, -0.2) is 96.8 Å². The molecule has 3 rings (SSSR count). The number of aliphatic hydroxyl groups excluding tert-OH is 1. The van der Waals surface area contributed by atoms with E-state index < -0.39 is 0 Å². The number of aliphatic imine (C=N–C) groups is 1. The molecule has 3 aliphatic rings. The van der Waals surface area contributed by atoms with Gasteiger partial charge in [-0.3, -0.25) is 9.89 Å². The molecule has 0 bridgehead atoms. The van der Waals surface area contributed by atoms with E-state index in [1.54, 1.807) is 0 Å². The molecule has 0 amide bonds. The van der Waals surface area contributed by atoms with Crippen LogP contribution in [0.25, 0.3) is 0 Å². The van der Waals surface area contributed by atoms with Gasteiger partial charge < -0.3 is 20.2 Å². The molecule has 3 saturated heterocycles. The van der Waals surface area contributed by atoms with Gasteiger partial charge in [0.05, 0.1) is 6.10 Å². The first-order valence-corrected chi connectivity index (χ1v) is 10.4. The van der Waals surface area contributed by atoms with Crippen LogP contribution >= 0.6 is 0 Å². The molecule has 6 nitrogen and oxygen atoms in total. The van der Waals surface area contributed by atoms with E-state index in [-0.39, 0.29) is 6.10 Å². The molecule has 1 unspecified atom stereocenters. The average molecular weight is 352 g/mol. The van der Waals surface area contributed by atoms with Gasteiger partial charge in [0.25, 0.3) is 0 Å². The zero-order chi connectivity index (χ0) is 17.5. The zero-order valence-electron chi connectivity index (χ0n) is 16.0. The van der Waals surface area contributed by atoms with Crippen LogP contribution < -0.4 is 5.32 Å². The van der Waals surface area contributed by atoms with Gasteiger partial charge in [-0.25, -0.2) is 0 Å². The molecule has 0 radical (unpaired) electrons. The van der Waals surface area contributed by atoms with Gasteiger partial charge in [0.2, 0.25) is 0 Å². The van der Waals surface area contributed by atoms with Crippen LogP contribution in [0.5, 0.6) is 0 Å². The molecule has 144 valence electrons. The van der Waals surface area contributed by atoms with Crippen molar-refractivity contribution < 1.29 is 5.11 Å². The van der Waals surface area contributed by atoms with E-state index in [0.29, 0.717) is 0 Å². The molecular formula is C19H37N5O. The van der Waals surface area contributed by atoms with E-state index in [9.17, 15) is 5.11 Å². The van der Waals surface area contributed by atoms with Crippen LogP contribution in [0.3, 0.4) is 0 Å². The fourth-order valence-electron chi connectivity index (χ4n) is 4.39. The molecule has 3 heterocycles. The van der Waals surface area contributed by atoms with Crippen molar-refractivity contribution in [2.45, 2.75) is 57.6 Å². The first-order valence-electron chi connectivity index (χ1n) is 10.4. The highest BCUT2D eigenvalue weighted by molar-refractivity contribution is 5.80. The van der Waals surface area contributed by atoms with E-state index in [4.69, 9.17) is 4.99 Å². The Bertz CT molecular complexity index is 416. The summed E-state index contributed by atoms with van der Waals surface area (Å²) in [5.74, 6) is 1.11. The van der Waals surface area contributed by atoms with Crippen molar-refractivity contribution in [3.8, 4) is 0 Å².